The van der Waals surface area contributed by atoms with Gasteiger partial charge in [0.2, 0.25) is 0 Å². The Hall–Kier alpha value is -1.73. The number of thioether (sulfide) groups is 1. The van der Waals surface area contributed by atoms with E-state index in [9.17, 15) is 14.4 Å². The van der Waals surface area contributed by atoms with Gasteiger partial charge >= 0.3 is 5.97 Å². The van der Waals surface area contributed by atoms with Crippen molar-refractivity contribution in [2.24, 2.45) is 0 Å². The second kappa shape index (κ2) is 12.0. The highest BCUT2D eigenvalue weighted by atomic mass is 35.5. The van der Waals surface area contributed by atoms with Gasteiger partial charge in [-0.15, -0.1) is 0 Å². The Labute approximate surface area is 175 Å². The largest absolute Gasteiger partial charge is 0.454 e. The smallest absolute Gasteiger partial charge is 0.329 e. The average molecular weight is 427 g/mol. The molecule has 1 heterocycles. The molecule has 1 aromatic rings. The molecule has 1 saturated heterocycles. The van der Waals surface area contributed by atoms with E-state index in [4.69, 9.17) is 16.3 Å². The van der Waals surface area contributed by atoms with E-state index in [1.54, 1.807) is 40.9 Å². The summed E-state index contributed by atoms with van der Waals surface area (Å²) in [6.07, 6.45) is 6.55. The van der Waals surface area contributed by atoms with E-state index < -0.39 is 12.0 Å². The summed E-state index contributed by atoms with van der Waals surface area (Å²) < 4.78 is 5.24. The Morgan fingerprint density at radius 3 is 2.39 bits per heavy atom. The summed E-state index contributed by atoms with van der Waals surface area (Å²) in [7, 11) is 0. The maximum absolute atomic E-state index is 12.5. The number of carbonyl (C=O) groups is 3. The molecule has 0 bridgehead atoms. The molecule has 8 heteroatoms. The monoisotopic (exact) mass is 426 g/mol. The van der Waals surface area contributed by atoms with Crippen LogP contribution in [0.1, 0.15) is 42.5 Å². The van der Waals surface area contributed by atoms with Crippen molar-refractivity contribution >= 4 is 41.1 Å². The fourth-order valence-corrected chi connectivity index (χ4v) is 3.57. The number of rotatable bonds is 8. The van der Waals surface area contributed by atoms with Crippen molar-refractivity contribution in [3.63, 3.8) is 0 Å². The number of ether oxygens (including phenoxy) is 1. The van der Waals surface area contributed by atoms with Gasteiger partial charge in [-0.1, -0.05) is 24.4 Å². The number of hydrogen-bond acceptors (Lipinski definition) is 5. The van der Waals surface area contributed by atoms with Crippen LogP contribution in [-0.4, -0.2) is 60.4 Å². The number of hydrogen-bond donors (Lipinski definition) is 1. The molecule has 1 N–H and O–H groups in total. The lowest BCUT2D eigenvalue weighted by Gasteiger charge is -2.21. The van der Waals surface area contributed by atoms with Gasteiger partial charge < -0.3 is 15.0 Å². The van der Waals surface area contributed by atoms with E-state index in [2.05, 4.69) is 5.32 Å². The molecule has 1 fully saturated rings. The van der Waals surface area contributed by atoms with Crippen LogP contribution in [-0.2, 0) is 14.3 Å². The first-order chi connectivity index (χ1) is 13.5. The summed E-state index contributed by atoms with van der Waals surface area (Å²) in [4.78, 5) is 39.0. The van der Waals surface area contributed by atoms with Crippen LogP contribution in [0.15, 0.2) is 24.3 Å². The molecule has 1 aromatic carbocycles. The minimum Gasteiger partial charge on any atom is -0.454 e. The summed E-state index contributed by atoms with van der Waals surface area (Å²) in [6, 6.07) is 5.62. The molecule has 0 spiro atoms. The van der Waals surface area contributed by atoms with Crippen molar-refractivity contribution in [1.82, 2.24) is 10.2 Å². The topological polar surface area (TPSA) is 75.7 Å². The summed E-state index contributed by atoms with van der Waals surface area (Å²) in [5.74, 6) is -0.457. The molecule has 28 heavy (non-hydrogen) atoms. The molecule has 0 aliphatic carbocycles. The minimum atomic E-state index is -0.799. The van der Waals surface area contributed by atoms with Gasteiger partial charge in [0.05, 0.1) is 0 Å². The first-order valence-electron chi connectivity index (χ1n) is 9.51. The predicted molar refractivity (Wildman–Crippen MR) is 112 cm³/mol. The number of nitrogens with one attached hydrogen (secondary N) is 1. The third-order valence-electron chi connectivity index (χ3n) is 4.60. The standard InChI is InChI=1S/C20H27ClN2O4S/c1-28-13-10-17(22-19(25)15-6-8-16(21)9-7-15)20(26)27-14-18(24)23-11-4-2-3-5-12-23/h6-9,17H,2-5,10-14H2,1H3,(H,22,25)/t17-/m1/s1. The fraction of sp³-hybridized carbons (Fsp3) is 0.550. The number of carbonyl (C=O) groups excluding carboxylic acids is 3. The Morgan fingerprint density at radius 1 is 1.14 bits per heavy atom. The van der Waals surface area contributed by atoms with Crippen LogP contribution in [0, 0.1) is 0 Å². The number of likely N-dealkylation sites (tertiary alicyclic amines) is 1. The van der Waals surface area contributed by atoms with E-state index in [-0.39, 0.29) is 18.4 Å². The second-order valence-electron chi connectivity index (χ2n) is 6.72. The molecular formula is C20H27ClN2O4S. The van der Waals surface area contributed by atoms with Crippen LogP contribution >= 0.6 is 23.4 Å². The SMILES string of the molecule is CSCC[C@@H](NC(=O)c1ccc(Cl)cc1)C(=O)OCC(=O)N1CCCCCC1. The van der Waals surface area contributed by atoms with Crippen LogP contribution in [0.4, 0.5) is 0 Å². The first kappa shape index (κ1) is 22.6. The minimum absolute atomic E-state index is 0.178. The second-order valence-corrected chi connectivity index (χ2v) is 8.14. The highest BCUT2D eigenvalue weighted by Gasteiger charge is 2.24. The van der Waals surface area contributed by atoms with E-state index >= 15 is 0 Å². The first-order valence-corrected chi connectivity index (χ1v) is 11.3. The lowest BCUT2D eigenvalue weighted by Crippen LogP contribution is -2.44. The van der Waals surface area contributed by atoms with E-state index in [1.807, 2.05) is 6.26 Å². The van der Waals surface area contributed by atoms with E-state index in [0.29, 0.717) is 35.8 Å². The van der Waals surface area contributed by atoms with Gasteiger partial charge in [-0.05, 0) is 55.5 Å². The summed E-state index contributed by atoms with van der Waals surface area (Å²) >= 11 is 7.41. The quantitative estimate of drug-likeness (QED) is 0.646. The number of esters is 1. The fourth-order valence-electron chi connectivity index (χ4n) is 2.97. The van der Waals surface area contributed by atoms with Gasteiger partial charge in [-0.2, -0.15) is 11.8 Å². The molecule has 2 amide bonds. The highest BCUT2D eigenvalue weighted by molar-refractivity contribution is 7.98. The number of halogens is 1. The summed E-state index contributed by atoms with van der Waals surface area (Å²) in [6.45, 7) is 1.13. The van der Waals surface area contributed by atoms with Gasteiger partial charge in [0.15, 0.2) is 6.61 Å². The van der Waals surface area contributed by atoms with E-state index in [0.717, 1.165) is 25.7 Å². The van der Waals surface area contributed by atoms with Crippen LogP contribution in [0.3, 0.4) is 0 Å². The van der Waals surface area contributed by atoms with E-state index in [1.165, 1.54) is 0 Å². The van der Waals surface area contributed by atoms with Crippen molar-refractivity contribution in [3.05, 3.63) is 34.9 Å². The molecule has 0 aromatic heterocycles. The van der Waals surface area contributed by atoms with Crippen molar-refractivity contribution < 1.29 is 19.1 Å². The molecule has 2 rings (SSSR count). The summed E-state index contributed by atoms with van der Waals surface area (Å²) in [5.41, 5.74) is 0.409. The molecule has 1 atom stereocenters. The van der Waals surface area contributed by atoms with Gasteiger partial charge in [0.25, 0.3) is 11.8 Å². The molecule has 0 radical (unpaired) electrons. The van der Waals surface area contributed by atoms with Gasteiger partial charge in [0, 0.05) is 23.7 Å². The zero-order chi connectivity index (χ0) is 20.4. The lowest BCUT2D eigenvalue weighted by molar-refractivity contribution is -0.153. The number of benzene rings is 1. The molecule has 1 aliphatic rings. The molecule has 0 saturated carbocycles. The lowest BCUT2D eigenvalue weighted by atomic mass is 10.1. The van der Waals surface area contributed by atoms with Crippen molar-refractivity contribution in [2.75, 3.05) is 31.7 Å². The molecule has 0 unspecified atom stereocenters. The highest BCUT2D eigenvalue weighted by Crippen LogP contribution is 2.12. The Kier molecular flexibility index (Phi) is 9.64. The Morgan fingerprint density at radius 2 is 1.79 bits per heavy atom. The predicted octanol–water partition coefficient (Wildman–Crippen LogP) is 3.14. The van der Waals surface area contributed by atoms with Gasteiger partial charge in [0.1, 0.15) is 6.04 Å². The third-order valence-corrected chi connectivity index (χ3v) is 5.50. The zero-order valence-corrected chi connectivity index (χ0v) is 17.7. The van der Waals surface area contributed by atoms with Gasteiger partial charge in [-0.3, -0.25) is 9.59 Å². The van der Waals surface area contributed by atoms with Crippen LogP contribution in [0.25, 0.3) is 0 Å². The van der Waals surface area contributed by atoms with Crippen molar-refractivity contribution in [2.45, 2.75) is 38.1 Å². The average Bonchev–Trinajstić information content (AvgIpc) is 2.99. The normalized spacial score (nSPS) is 15.4. The maximum atomic E-state index is 12.5. The zero-order valence-electron chi connectivity index (χ0n) is 16.1. The van der Waals surface area contributed by atoms with Crippen LogP contribution in [0.2, 0.25) is 5.02 Å². The molecule has 1 aliphatic heterocycles. The Bertz CT molecular complexity index is 661. The number of nitrogens with zero attached hydrogens (tertiary/aromatic N) is 1. The van der Waals surface area contributed by atoms with Gasteiger partial charge in [-0.25, -0.2) is 4.79 Å². The van der Waals surface area contributed by atoms with Crippen molar-refractivity contribution in [1.29, 1.82) is 0 Å². The summed E-state index contributed by atoms with van der Waals surface area (Å²) in [5, 5.41) is 3.24. The molecular weight excluding hydrogens is 400 g/mol. The number of amides is 2. The van der Waals surface area contributed by atoms with Crippen molar-refractivity contribution in [3.8, 4) is 0 Å². The van der Waals surface area contributed by atoms with Crippen LogP contribution in [0.5, 0.6) is 0 Å². The Balaban J connectivity index is 1.91. The van der Waals surface area contributed by atoms with Crippen LogP contribution < -0.4 is 5.32 Å². The molecule has 6 nitrogen and oxygen atoms in total. The maximum Gasteiger partial charge on any atom is 0.329 e. The third kappa shape index (κ3) is 7.36. The molecule has 154 valence electrons.